The van der Waals surface area contributed by atoms with E-state index in [1.54, 1.807) is 0 Å². The molecule has 0 amide bonds. The molecule has 0 spiro atoms. The molecule has 25 heteroatoms. The van der Waals surface area contributed by atoms with Gasteiger partial charge in [-0.1, -0.05) is 18.2 Å². The maximum Gasteiger partial charge on any atom is 0.457 e. The Balaban J connectivity index is 2.03. The summed E-state index contributed by atoms with van der Waals surface area (Å²) < 4.78 is 318. The number of carbonyl (C=O) groups excluding carboxylic acids is 1. The minimum Gasteiger partial charge on any atom is -0.687 e. The van der Waals surface area contributed by atoms with Crippen LogP contribution in [0, 0.1) is 116 Å². The molecule has 56 heavy (non-hydrogen) atoms. The van der Waals surface area contributed by atoms with Crippen molar-refractivity contribution >= 4 is 40.9 Å². The fourth-order valence-corrected chi connectivity index (χ4v) is 5.98. The molecule has 0 unspecified atom stereocenters. The molecule has 0 saturated heterocycles. The summed E-state index contributed by atoms with van der Waals surface area (Å²) in [4.78, 5) is 0. The Labute approximate surface area is 294 Å². The highest BCUT2D eigenvalue weighted by molar-refractivity contribution is 7.05. The summed E-state index contributed by atoms with van der Waals surface area (Å²) in [6.07, 6.45) is 0. The van der Waals surface area contributed by atoms with E-state index in [9.17, 15) is 52.7 Å². The summed E-state index contributed by atoms with van der Waals surface area (Å²) in [5, 5.41) is 0. The highest BCUT2D eigenvalue weighted by Crippen LogP contribution is 2.35. The maximum atomic E-state index is 15.9. The molecule has 0 bridgehead atoms. The van der Waals surface area contributed by atoms with E-state index in [0.29, 0.717) is 12.1 Å². The molecule has 6 rings (SSSR count). The fourth-order valence-electron chi connectivity index (χ4n) is 5.98. The van der Waals surface area contributed by atoms with E-state index < -0.39 is 163 Å². The van der Waals surface area contributed by atoms with Crippen LogP contribution in [-0.2, 0) is 9.23 Å². The molecule has 0 aliphatic carbocycles. The van der Waals surface area contributed by atoms with Crippen LogP contribution in [0.15, 0.2) is 30.3 Å². The molecule has 0 fully saturated rings. The molecule has 0 saturated carbocycles. The van der Waals surface area contributed by atoms with E-state index in [1.807, 2.05) is 0 Å². The number of benzene rings is 5. The SMILES string of the molecule is Fc1c(F)c(F)c([B-]2(c3c(F)c(F)c(F)c(F)c3F)OC(c3ccccc3)=[O+][B-](c3c(F)c(F)c(F)c(F)c3F)(c3c(F)c(F)c(F)c(F)c3F)O2)c(F)c1F. The van der Waals surface area contributed by atoms with Crippen molar-refractivity contribution in [1.82, 2.24) is 0 Å². The predicted octanol–water partition coefficient (Wildman–Crippen LogP) is 6.70. The summed E-state index contributed by atoms with van der Waals surface area (Å²) in [7, 11) is 0. The molecule has 1 aliphatic heterocycles. The van der Waals surface area contributed by atoms with Gasteiger partial charge in [0.25, 0.3) is 0 Å². The first-order chi connectivity index (χ1) is 26.1. The van der Waals surface area contributed by atoms with Crippen molar-refractivity contribution in [2.45, 2.75) is 0 Å². The van der Waals surface area contributed by atoms with Crippen molar-refractivity contribution < 1.29 is 101 Å². The first-order valence-electron chi connectivity index (χ1n) is 14.4. The molecule has 0 N–H and O–H groups in total. The van der Waals surface area contributed by atoms with E-state index >= 15 is 35.1 Å². The van der Waals surface area contributed by atoms with Gasteiger partial charge in [0.2, 0.25) is 0 Å². The van der Waals surface area contributed by atoms with Crippen LogP contribution in [0.1, 0.15) is 9.91 Å². The zero-order chi connectivity index (χ0) is 41.7. The van der Waals surface area contributed by atoms with Gasteiger partial charge in [0.15, 0.2) is 69.8 Å². The van der Waals surface area contributed by atoms with Gasteiger partial charge in [-0.3, -0.25) is 0 Å². The average Bonchev–Trinajstić information content (AvgIpc) is 3.18. The van der Waals surface area contributed by atoms with Gasteiger partial charge < -0.3 is 13.6 Å². The Morgan fingerprint density at radius 3 is 0.857 bits per heavy atom. The molecular formula is C31H5B2F20O3-. The molecule has 1 aliphatic rings. The summed E-state index contributed by atoms with van der Waals surface area (Å²) in [6.45, 7) is -13.3. The first-order valence-corrected chi connectivity index (χ1v) is 14.4. The molecule has 294 valence electrons. The van der Waals surface area contributed by atoms with E-state index in [-0.39, 0.29) is 0 Å². The van der Waals surface area contributed by atoms with Gasteiger partial charge in [0.05, 0.1) is 0 Å². The van der Waals surface area contributed by atoms with Gasteiger partial charge in [0, 0.05) is 0 Å². The van der Waals surface area contributed by atoms with Crippen LogP contribution in [0.5, 0.6) is 0 Å². The van der Waals surface area contributed by atoms with Crippen LogP contribution >= 0.6 is 0 Å². The lowest BCUT2D eigenvalue weighted by Crippen LogP contribution is -2.80. The third-order valence-electron chi connectivity index (χ3n) is 8.43. The van der Waals surface area contributed by atoms with Gasteiger partial charge in [-0.2, -0.15) is 0 Å². The molecule has 0 atom stereocenters. The van der Waals surface area contributed by atoms with Crippen LogP contribution in [0.4, 0.5) is 87.8 Å². The van der Waals surface area contributed by atoms with E-state index in [4.69, 9.17) is 13.6 Å². The zero-order valence-corrected chi connectivity index (χ0v) is 25.8. The van der Waals surface area contributed by atoms with Gasteiger partial charge >= 0.3 is 19.1 Å². The van der Waals surface area contributed by atoms with Crippen LogP contribution < -0.4 is 21.9 Å². The third kappa shape index (κ3) is 5.33. The van der Waals surface area contributed by atoms with E-state index in [0.717, 1.165) is 18.2 Å². The second-order valence-electron chi connectivity index (χ2n) is 11.4. The summed E-state index contributed by atoms with van der Waals surface area (Å²) in [5.41, 5.74) is -13.7. The summed E-state index contributed by atoms with van der Waals surface area (Å²) in [5.74, 6) is -68.9. The molecule has 5 aromatic carbocycles. The Morgan fingerprint density at radius 1 is 0.321 bits per heavy atom. The zero-order valence-electron chi connectivity index (χ0n) is 25.8. The van der Waals surface area contributed by atoms with Crippen molar-refractivity contribution in [3.8, 4) is 0 Å². The number of rotatable bonds is 5. The largest absolute Gasteiger partial charge is 0.687 e. The van der Waals surface area contributed by atoms with Crippen LogP contribution in [0.3, 0.4) is 0 Å². The maximum absolute atomic E-state index is 15.9. The molecule has 3 nitrogen and oxygen atoms in total. The summed E-state index contributed by atoms with van der Waals surface area (Å²) >= 11 is 0. The monoisotopic (exact) mass is 827 g/mol. The molecule has 0 radical (unpaired) electrons. The first kappa shape index (κ1) is 39.9. The molecular weight excluding hydrogens is 822 g/mol. The summed E-state index contributed by atoms with van der Waals surface area (Å²) in [6, 6.07) is 3.71. The minimum atomic E-state index is -6.65. The van der Waals surface area contributed by atoms with Crippen molar-refractivity contribution in [2.24, 2.45) is 0 Å². The molecule has 1 heterocycles. The van der Waals surface area contributed by atoms with Gasteiger partial charge in [-0.05, 0) is 34.0 Å². The van der Waals surface area contributed by atoms with E-state index in [2.05, 4.69) is 0 Å². The predicted molar refractivity (Wildman–Crippen MR) is 148 cm³/mol. The lowest BCUT2D eigenvalue weighted by atomic mass is 9.37. The van der Waals surface area contributed by atoms with E-state index in [1.165, 1.54) is 0 Å². The highest BCUT2D eigenvalue weighted by Gasteiger charge is 2.63. The Hall–Kier alpha value is -5.74. The van der Waals surface area contributed by atoms with Crippen LogP contribution in [0.2, 0.25) is 0 Å². The quantitative estimate of drug-likeness (QED) is 0.0650. The Morgan fingerprint density at radius 2 is 0.571 bits per heavy atom. The lowest BCUT2D eigenvalue weighted by Gasteiger charge is -2.51. The van der Waals surface area contributed by atoms with Crippen LogP contribution in [0.25, 0.3) is 0 Å². The number of halogens is 20. The number of hydrogen-bond donors (Lipinski definition) is 0. The number of hydrogen-bond acceptors (Lipinski definition) is 2. The minimum absolute atomic E-state index is 0.538. The normalized spacial score (nSPS) is 14.9. The van der Waals surface area contributed by atoms with Crippen molar-refractivity contribution in [3.63, 3.8) is 0 Å². The van der Waals surface area contributed by atoms with Crippen molar-refractivity contribution in [2.75, 3.05) is 0 Å². The smallest absolute Gasteiger partial charge is 0.457 e. The topological polar surface area (TPSA) is 29.8 Å². The lowest BCUT2D eigenvalue weighted by molar-refractivity contribution is -0.151. The van der Waals surface area contributed by atoms with Crippen molar-refractivity contribution in [3.05, 3.63) is 152 Å². The second kappa shape index (κ2) is 13.5. The average molecular weight is 827 g/mol. The molecule has 5 aromatic rings. The molecule has 0 aromatic heterocycles. The highest BCUT2D eigenvalue weighted by atomic mass is 19.2. The van der Waals surface area contributed by atoms with Gasteiger partial charge in [-0.25, -0.2) is 87.8 Å². The Bertz CT molecular complexity index is 2310. The van der Waals surface area contributed by atoms with Crippen molar-refractivity contribution in [1.29, 1.82) is 0 Å². The van der Waals surface area contributed by atoms with Gasteiger partial charge in [-0.15, -0.1) is 0 Å². The second-order valence-corrected chi connectivity index (χ2v) is 11.4. The standard InChI is InChI=1S/C31H5B2F20O3/c34-11-7(12(35)20(43)27(50)19(11)42)32(8-13(36)21(44)28(51)22(45)14(8)37)54-31(6-4-2-1-3-5-6)55-33(56-32,9-15(38)23(46)29(52)24(47)16(9)39)10-17(40)25(48)30(53)26(49)18(10)41/h1-5H/q-1. The van der Waals surface area contributed by atoms with Crippen LogP contribution in [-0.4, -0.2) is 19.1 Å². The Kier molecular flexibility index (Phi) is 9.61. The third-order valence-corrected chi connectivity index (χ3v) is 8.43. The fraction of sp³-hybridized carbons (Fsp3) is 0. The van der Waals surface area contributed by atoms with Gasteiger partial charge in [0.1, 0.15) is 52.1 Å².